The lowest BCUT2D eigenvalue weighted by Gasteiger charge is -2.24. The van der Waals surface area contributed by atoms with Crippen LogP contribution in [0.5, 0.6) is 0 Å². The van der Waals surface area contributed by atoms with Gasteiger partial charge in [0.2, 0.25) is 0 Å². The zero-order valence-corrected chi connectivity index (χ0v) is 7.96. The zero-order chi connectivity index (χ0) is 10.1. The van der Waals surface area contributed by atoms with Gasteiger partial charge in [0.25, 0.3) is 0 Å². The minimum Gasteiger partial charge on any atom is -0.398 e. The van der Waals surface area contributed by atoms with E-state index in [4.69, 9.17) is 16.7 Å². The van der Waals surface area contributed by atoms with Crippen LogP contribution in [-0.4, -0.2) is 0 Å². The van der Waals surface area contributed by atoms with Crippen molar-refractivity contribution in [3.8, 4) is 6.07 Å². The van der Waals surface area contributed by atoms with Crippen molar-refractivity contribution < 1.29 is 0 Å². The molecular formula is C11H13N3. The first-order chi connectivity index (χ1) is 6.74. The molecule has 0 aromatic heterocycles. The van der Waals surface area contributed by atoms with E-state index >= 15 is 0 Å². The number of rotatable bonds is 0. The predicted molar refractivity (Wildman–Crippen MR) is 55.4 cm³/mol. The van der Waals surface area contributed by atoms with E-state index in [9.17, 15) is 0 Å². The molecule has 0 aliphatic heterocycles. The van der Waals surface area contributed by atoms with E-state index in [1.165, 1.54) is 0 Å². The third-order valence-corrected chi connectivity index (χ3v) is 2.83. The summed E-state index contributed by atoms with van der Waals surface area (Å²) < 4.78 is 0. The highest BCUT2D eigenvalue weighted by molar-refractivity contribution is 5.58. The van der Waals surface area contributed by atoms with Gasteiger partial charge in [0.05, 0.1) is 11.6 Å². The van der Waals surface area contributed by atoms with Crippen molar-refractivity contribution in [2.45, 2.75) is 25.3 Å². The largest absolute Gasteiger partial charge is 0.398 e. The van der Waals surface area contributed by atoms with Crippen LogP contribution in [0.4, 0.5) is 5.69 Å². The molecule has 3 heteroatoms. The number of hydrogen-bond donors (Lipinski definition) is 2. The second-order valence-electron chi connectivity index (χ2n) is 3.71. The monoisotopic (exact) mass is 187 g/mol. The molecule has 0 heterocycles. The fourth-order valence-electron chi connectivity index (χ4n) is 2.12. The van der Waals surface area contributed by atoms with Crippen LogP contribution in [0.2, 0.25) is 0 Å². The van der Waals surface area contributed by atoms with Crippen LogP contribution in [0.15, 0.2) is 12.1 Å². The predicted octanol–water partition coefficient (Wildman–Crippen LogP) is 1.48. The smallest absolute Gasteiger partial charge is 0.0995 e. The Morgan fingerprint density at radius 1 is 1.43 bits per heavy atom. The molecule has 1 atom stereocenters. The van der Waals surface area contributed by atoms with Gasteiger partial charge in [0.15, 0.2) is 0 Å². The summed E-state index contributed by atoms with van der Waals surface area (Å²) >= 11 is 0. The summed E-state index contributed by atoms with van der Waals surface area (Å²) in [6.07, 6.45) is 2.96. The normalized spacial score (nSPS) is 19.9. The van der Waals surface area contributed by atoms with Crippen molar-refractivity contribution in [2.24, 2.45) is 5.73 Å². The molecule has 1 aliphatic rings. The van der Waals surface area contributed by atoms with Crippen molar-refractivity contribution in [1.82, 2.24) is 0 Å². The van der Waals surface area contributed by atoms with Gasteiger partial charge in [0, 0.05) is 11.7 Å². The average molecular weight is 187 g/mol. The lowest BCUT2D eigenvalue weighted by molar-refractivity contribution is 0.570. The molecule has 0 bridgehead atoms. The second-order valence-corrected chi connectivity index (χ2v) is 3.71. The molecule has 14 heavy (non-hydrogen) atoms. The fourth-order valence-corrected chi connectivity index (χ4v) is 2.12. The Morgan fingerprint density at radius 3 is 2.93 bits per heavy atom. The number of anilines is 1. The van der Waals surface area contributed by atoms with Crippen molar-refractivity contribution in [2.75, 3.05) is 5.73 Å². The van der Waals surface area contributed by atoms with E-state index in [0.29, 0.717) is 5.56 Å². The molecule has 0 spiro atoms. The van der Waals surface area contributed by atoms with Gasteiger partial charge in [-0.15, -0.1) is 0 Å². The van der Waals surface area contributed by atoms with E-state index in [0.717, 1.165) is 36.1 Å². The molecule has 0 unspecified atom stereocenters. The molecule has 72 valence electrons. The van der Waals surface area contributed by atoms with Crippen molar-refractivity contribution in [1.29, 1.82) is 5.26 Å². The van der Waals surface area contributed by atoms with Gasteiger partial charge in [-0.05, 0) is 42.5 Å². The molecule has 1 aromatic carbocycles. The number of nitriles is 1. The molecule has 4 N–H and O–H groups in total. The molecule has 0 radical (unpaired) electrons. The van der Waals surface area contributed by atoms with Gasteiger partial charge < -0.3 is 11.5 Å². The first kappa shape index (κ1) is 9.04. The van der Waals surface area contributed by atoms with Gasteiger partial charge in [-0.25, -0.2) is 0 Å². The SMILES string of the molecule is N#Cc1ccc(N)c2c1[C@H](N)CCC2. The summed E-state index contributed by atoms with van der Waals surface area (Å²) in [7, 11) is 0. The topological polar surface area (TPSA) is 75.8 Å². The summed E-state index contributed by atoms with van der Waals surface area (Å²) in [6, 6.07) is 5.72. The van der Waals surface area contributed by atoms with Crippen molar-refractivity contribution >= 4 is 5.69 Å². The van der Waals surface area contributed by atoms with E-state index in [2.05, 4.69) is 6.07 Å². The number of nitrogens with two attached hydrogens (primary N) is 2. The maximum absolute atomic E-state index is 8.96. The van der Waals surface area contributed by atoms with Crippen LogP contribution < -0.4 is 11.5 Å². The molecule has 0 saturated carbocycles. The zero-order valence-electron chi connectivity index (χ0n) is 7.96. The Bertz CT molecular complexity index is 404. The van der Waals surface area contributed by atoms with Crippen LogP contribution in [0.3, 0.4) is 0 Å². The van der Waals surface area contributed by atoms with E-state index < -0.39 is 0 Å². The number of benzene rings is 1. The third kappa shape index (κ3) is 1.24. The van der Waals surface area contributed by atoms with Crippen LogP contribution in [0.25, 0.3) is 0 Å². The minimum absolute atomic E-state index is 0.0168. The third-order valence-electron chi connectivity index (χ3n) is 2.83. The van der Waals surface area contributed by atoms with E-state index in [1.807, 2.05) is 0 Å². The van der Waals surface area contributed by atoms with Gasteiger partial charge in [-0.1, -0.05) is 0 Å². The Morgan fingerprint density at radius 2 is 2.21 bits per heavy atom. The fraction of sp³-hybridized carbons (Fsp3) is 0.364. The summed E-state index contributed by atoms with van der Waals surface area (Å²) in [4.78, 5) is 0. The average Bonchev–Trinajstić information content (AvgIpc) is 2.20. The molecule has 1 aromatic rings. The maximum atomic E-state index is 8.96. The second kappa shape index (κ2) is 3.32. The molecule has 0 amide bonds. The van der Waals surface area contributed by atoms with Crippen LogP contribution in [-0.2, 0) is 6.42 Å². The molecular weight excluding hydrogens is 174 g/mol. The lowest BCUT2D eigenvalue weighted by Crippen LogP contribution is -2.20. The highest BCUT2D eigenvalue weighted by Crippen LogP contribution is 2.33. The molecule has 0 saturated heterocycles. The Balaban J connectivity index is 2.65. The van der Waals surface area contributed by atoms with Crippen molar-refractivity contribution in [3.63, 3.8) is 0 Å². The lowest BCUT2D eigenvalue weighted by atomic mass is 9.84. The van der Waals surface area contributed by atoms with Crippen LogP contribution in [0, 0.1) is 11.3 Å². The Kier molecular flexibility index (Phi) is 2.14. The quantitative estimate of drug-likeness (QED) is 0.604. The summed E-state index contributed by atoms with van der Waals surface area (Å²) in [5.74, 6) is 0. The number of fused-ring (bicyclic) bond motifs is 1. The number of hydrogen-bond acceptors (Lipinski definition) is 3. The maximum Gasteiger partial charge on any atom is 0.0995 e. The van der Waals surface area contributed by atoms with E-state index in [1.54, 1.807) is 12.1 Å². The Labute approximate surface area is 83.3 Å². The molecule has 2 rings (SSSR count). The van der Waals surface area contributed by atoms with Gasteiger partial charge in [-0.3, -0.25) is 0 Å². The van der Waals surface area contributed by atoms with Crippen LogP contribution >= 0.6 is 0 Å². The molecule has 0 fully saturated rings. The number of nitrogen functional groups attached to an aromatic ring is 1. The summed E-state index contributed by atoms with van der Waals surface area (Å²) in [6.45, 7) is 0. The van der Waals surface area contributed by atoms with E-state index in [-0.39, 0.29) is 6.04 Å². The first-order valence-corrected chi connectivity index (χ1v) is 4.81. The first-order valence-electron chi connectivity index (χ1n) is 4.81. The standard InChI is InChI=1S/C11H13N3/c12-6-7-4-5-9(13)8-2-1-3-10(14)11(7)8/h4-5,10H,1-3,13-14H2/t10-/m1/s1. The van der Waals surface area contributed by atoms with Crippen molar-refractivity contribution in [3.05, 3.63) is 28.8 Å². The minimum atomic E-state index is -0.0168. The summed E-state index contributed by atoms with van der Waals surface area (Å²) in [5, 5.41) is 8.96. The molecule has 3 nitrogen and oxygen atoms in total. The molecule has 1 aliphatic carbocycles. The highest BCUT2D eigenvalue weighted by Gasteiger charge is 2.21. The van der Waals surface area contributed by atoms with Gasteiger partial charge in [0.1, 0.15) is 0 Å². The summed E-state index contributed by atoms with van der Waals surface area (Å²) in [5.41, 5.74) is 15.4. The van der Waals surface area contributed by atoms with Crippen LogP contribution in [0.1, 0.15) is 35.6 Å². The Hall–Kier alpha value is -1.53. The van der Waals surface area contributed by atoms with Gasteiger partial charge in [-0.2, -0.15) is 5.26 Å². The highest BCUT2D eigenvalue weighted by atomic mass is 14.7. The number of nitrogens with zero attached hydrogens (tertiary/aromatic N) is 1. The van der Waals surface area contributed by atoms with Gasteiger partial charge >= 0.3 is 0 Å².